The molecule has 0 radical (unpaired) electrons. The number of hydrogen-bond donors (Lipinski definition) is 0. The van der Waals surface area contributed by atoms with Crippen LogP contribution in [-0.4, -0.2) is 36.1 Å². The third kappa shape index (κ3) is 29.4. The number of benzene rings is 5. The zero-order valence-corrected chi connectivity index (χ0v) is 52.6. The van der Waals surface area contributed by atoms with Crippen molar-refractivity contribution in [3.05, 3.63) is 185 Å². The van der Waals surface area contributed by atoms with Crippen molar-refractivity contribution >= 4 is 34.2 Å². The summed E-state index contributed by atoms with van der Waals surface area (Å²) < 4.78 is 164. The van der Waals surface area contributed by atoms with Gasteiger partial charge in [-0.2, -0.15) is 52.7 Å². The Hall–Kier alpha value is -5.28. The predicted molar refractivity (Wildman–Crippen MR) is 314 cm³/mol. The van der Waals surface area contributed by atoms with Crippen molar-refractivity contribution in [2.24, 2.45) is 9.98 Å². The molecular weight excluding hydrogens is 1190 g/mol. The van der Waals surface area contributed by atoms with Gasteiger partial charge in [0, 0.05) is 0 Å². The van der Waals surface area contributed by atoms with Crippen LogP contribution in [0.3, 0.4) is 0 Å². The molecule has 0 unspecified atom stereocenters. The minimum atomic E-state index is -5.10. The molecule has 0 spiro atoms. The van der Waals surface area contributed by atoms with E-state index >= 15 is 0 Å². The van der Waals surface area contributed by atoms with Gasteiger partial charge in [0.15, 0.2) is 0 Å². The van der Waals surface area contributed by atoms with Crippen molar-refractivity contribution in [3.8, 4) is 0 Å². The van der Waals surface area contributed by atoms with Crippen molar-refractivity contribution in [1.29, 1.82) is 0 Å². The van der Waals surface area contributed by atoms with Crippen LogP contribution in [0.15, 0.2) is 112 Å². The van der Waals surface area contributed by atoms with E-state index in [1.807, 2.05) is 18.2 Å². The van der Waals surface area contributed by atoms with Gasteiger partial charge in [-0.25, -0.2) is 9.98 Å². The molecule has 0 aliphatic carbocycles. The second-order valence-electron chi connectivity index (χ2n) is 20.3. The molecule has 83 heavy (non-hydrogen) atoms. The first kappa shape index (κ1) is 79.8. The largest absolute Gasteiger partial charge is 1.00 e. The molecule has 0 heterocycles. The van der Waals surface area contributed by atoms with E-state index in [1.165, 1.54) is 56.9 Å². The smallest absolute Gasteiger partial charge is 0.654 e. The molecule has 0 bridgehead atoms. The van der Waals surface area contributed by atoms with Gasteiger partial charge in [0.25, 0.3) is 0 Å². The van der Waals surface area contributed by atoms with Crippen LogP contribution in [-0.2, 0) is 34.1 Å². The molecule has 0 aliphatic rings. The zero-order valence-electron chi connectivity index (χ0n) is 50.7. The van der Waals surface area contributed by atoms with Crippen molar-refractivity contribution in [1.82, 2.24) is 0 Å². The number of unbranched alkanes of at least 4 members (excludes halogenated alkanes) is 6. The minimum absolute atomic E-state index is 0. The third-order valence-corrected chi connectivity index (χ3v) is 12.0. The third-order valence-electron chi connectivity index (χ3n) is 12.0. The maximum Gasteiger partial charge on any atom is 1.00 e. The average Bonchev–Trinajstić information content (AvgIpc) is 3.36. The van der Waals surface area contributed by atoms with Gasteiger partial charge >= 0.3 is 58.8 Å². The molecule has 0 saturated carbocycles. The second kappa shape index (κ2) is 37.2. The van der Waals surface area contributed by atoms with Gasteiger partial charge in [-0.15, -0.1) is 11.4 Å². The van der Waals surface area contributed by atoms with E-state index in [-0.39, 0.29) is 69.0 Å². The van der Waals surface area contributed by atoms with Crippen LogP contribution >= 0.6 is 0 Å². The van der Waals surface area contributed by atoms with Crippen LogP contribution in [0, 0.1) is 90.0 Å². The van der Waals surface area contributed by atoms with Crippen LogP contribution in [0.4, 0.5) is 75.4 Å². The van der Waals surface area contributed by atoms with E-state index < -0.39 is 47.5 Å². The molecule has 5 rings (SSSR count). The number of aliphatic imine (C=N–C) groups is 2. The summed E-state index contributed by atoms with van der Waals surface area (Å²) in [4.78, 5) is 7.16. The molecule has 0 fully saturated rings. The molecule has 0 atom stereocenters. The fourth-order valence-corrected chi connectivity index (χ4v) is 8.38. The Bertz CT molecular complexity index is 2620. The molecule has 0 amide bonds. The molecule has 0 aromatic heterocycles. The molecule has 5 aromatic carbocycles. The van der Waals surface area contributed by atoms with Crippen molar-refractivity contribution < 1.29 is 86.8 Å². The quantitative estimate of drug-likeness (QED) is 0.0461. The summed E-state index contributed by atoms with van der Waals surface area (Å²) in [5, 5.41) is 7.16. The van der Waals surface area contributed by atoms with E-state index in [0.29, 0.717) is 44.5 Å². The second-order valence-corrected chi connectivity index (χ2v) is 20.3. The first-order valence-electron chi connectivity index (χ1n) is 27.1. The molecular formula is C65H82Cu2F12N4. The Balaban J connectivity index is 0. The van der Waals surface area contributed by atoms with Crippen LogP contribution in [0.25, 0.3) is 10.6 Å². The molecule has 468 valence electrons. The number of hydrogen-bond acceptors (Lipinski definition) is 2. The Morgan fingerprint density at radius 1 is 0.349 bits per heavy atom. The predicted octanol–water partition coefficient (Wildman–Crippen LogP) is 23.8. The Morgan fingerprint density at radius 2 is 0.578 bits per heavy atom. The van der Waals surface area contributed by atoms with Crippen molar-refractivity contribution in [2.75, 3.05) is 0 Å². The van der Waals surface area contributed by atoms with Crippen molar-refractivity contribution in [2.45, 2.75) is 194 Å². The van der Waals surface area contributed by atoms with Crippen LogP contribution in [0.1, 0.15) is 151 Å². The molecule has 5 aromatic rings. The number of rotatable bonds is 14. The van der Waals surface area contributed by atoms with Gasteiger partial charge in [-0.05, 0) is 124 Å². The molecule has 18 heteroatoms. The Morgan fingerprint density at radius 3 is 0.759 bits per heavy atom. The maximum atomic E-state index is 13.7. The van der Waals surface area contributed by atoms with Gasteiger partial charge in [0.1, 0.15) is 11.4 Å². The topological polar surface area (TPSA) is 52.9 Å². The Kier molecular flexibility index (Phi) is 35.8. The fraction of sp³-hybridized carbons (Fsp3) is 0.446. The average molecular weight is 1270 g/mol. The first-order valence-corrected chi connectivity index (χ1v) is 27.1. The van der Waals surface area contributed by atoms with Crippen LogP contribution in [0.2, 0.25) is 0 Å². The Labute approximate surface area is 507 Å². The summed E-state index contributed by atoms with van der Waals surface area (Å²) in [6.07, 6.45) is -9.40. The summed E-state index contributed by atoms with van der Waals surface area (Å²) in [6, 6.07) is 23.2. The van der Waals surface area contributed by atoms with Crippen LogP contribution < -0.4 is 0 Å². The molecule has 0 N–H and O–H groups in total. The van der Waals surface area contributed by atoms with E-state index in [2.05, 4.69) is 67.4 Å². The number of allylic oxidation sites excluding steroid dienone is 4. The number of alkyl halides is 12. The summed E-state index contributed by atoms with van der Waals surface area (Å²) in [7, 11) is 0. The van der Waals surface area contributed by atoms with E-state index in [1.54, 1.807) is 132 Å². The number of halogens is 12. The zero-order chi connectivity index (χ0) is 62.2. The van der Waals surface area contributed by atoms with Gasteiger partial charge in [-0.1, -0.05) is 219 Å². The van der Waals surface area contributed by atoms with Gasteiger partial charge in [0.05, 0.1) is 11.4 Å². The molecule has 0 saturated heterocycles. The van der Waals surface area contributed by atoms with E-state index in [4.69, 9.17) is 0 Å². The minimum Gasteiger partial charge on any atom is -0.654 e. The maximum absolute atomic E-state index is 13.7. The van der Waals surface area contributed by atoms with E-state index in [9.17, 15) is 52.7 Å². The SMILES string of the molecule is CCCCCC.CCCCCC.Cc1cc(C)c(N=C(/C=C(\[N-]c2c(C)cc(C)cc2C)C(F)(F)F)C(F)(F)F)c(C)c1.Cc1cc(C)c(N=C(/C=C(\[N-]c2c(C)cc(C)cc2C)C(F)(F)F)C(F)(F)F)c(C)c1.Cc1ccccc1.[Cu+].[Cu+]. The summed E-state index contributed by atoms with van der Waals surface area (Å²) >= 11 is 0. The summed E-state index contributed by atoms with van der Waals surface area (Å²) in [6.45, 7) is 30.6. The van der Waals surface area contributed by atoms with Crippen LogP contribution in [0.5, 0.6) is 0 Å². The summed E-state index contributed by atoms with van der Waals surface area (Å²) in [5.74, 6) is 0. The summed E-state index contributed by atoms with van der Waals surface area (Å²) in [5.41, 5.74) is 1.32. The fourth-order valence-electron chi connectivity index (χ4n) is 8.38. The number of nitrogens with zero attached hydrogens (tertiary/aromatic N) is 4. The number of aryl methyl sites for hydroxylation is 13. The standard InChI is InChI=1S/2C23H23F6N2.C7H8.2C6H14.2Cu/c2*1-12-7-14(3)20(15(4)8-12)30-18(22(24,25)26)11-19(23(27,28)29)31-21-16(5)9-13(2)10-17(21)6;1-7-5-3-2-4-6-7;2*1-3-5-6-4-2;;/h2*7-11H,1-6H3;2-6H,1H3;2*3-6H2,1-2H3;;/q2*-1;;;;2*+1/b2*18-11-,31-19?;;;;;. The normalized spacial score (nSPS) is 12.2. The molecule has 0 aliphatic heterocycles. The monoisotopic (exact) mass is 1270 g/mol. The van der Waals surface area contributed by atoms with Gasteiger partial charge in [0.2, 0.25) is 0 Å². The van der Waals surface area contributed by atoms with Crippen molar-refractivity contribution in [3.63, 3.8) is 0 Å². The van der Waals surface area contributed by atoms with Gasteiger partial charge in [-0.3, -0.25) is 0 Å². The van der Waals surface area contributed by atoms with E-state index in [0.717, 1.165) is 22.3 Å². The molecule has 4 nitrogen and oxygen atoms in total. The first-order chi connectivity index (χ1) is 37.4. The van der Waals surface area contributed by atoms with Gasteiger partial charge < -0.3 is 10.6 Å².